The standard InChI is InChI=1S/C12H11FN2S/c1-8-6-9(2-3-10(8)13)11-4-5-14-12(7-16)15-11/h2-6,16H,7H2,1H3. The molecule has 0 aliphatic carbocycles. The molecule has 1 aromatic heterocycles. The summed E-state index contributed by atoms with van der Waals surface area (Å²) in [6.07, 6.45) is 1.69. The third kappa shape index (κ3) is 2.22. The summed E-state index contributed by atoms with van der Waals surface area (Å²) in [5.74, 6) is 0.962. The predicted octanol–water partition coefficient (Wildman–Crippen LogP) is 3.02. The van der Waals surface area contributed by atoms with Crippen LogP contribution in [0.1, 0.15) is 11.4 Å². The predicted molar refractivity (Wildman–Crippen MR) is 64.9 cm³/mol. The van der Waals surface area contributed by atoms with Crippen LogP contribution in [0.4, 0.5) is 4.39 Å². The van der Waals surface area contributed by atoms with Gasteiger partial charge in [-0.05, 0) is 36.8 Å². The maximum Gasteiger partial charge on any atom is 0.138 e. The molecule has 0 atom stereocenters. The molecule has 82 valence electrons. The Bertz CT molecular complexity index is 514. The van der Waals surface area contributed by atoms with Gasteiger partial charge in [0.15, 0.2) is 0 Å². The van der Waals surface area contributed by atoms with Gasteiger partial charge < -0.3 is 0 Å². The zero-order valence-corrected chi connectivity index (χ0v) is 9.71. The lowest BCUT2D eigenvalue weighted by Crippen LogP contribution is -1.93. The fourth-order valence-electron chi connectivity index (χ4n) is 1.44. The number of rotatable bonds is 2. The number of nitrogens with zero attached hydrogens (tertiary/aromatic N) is 2. The fourth-order valence-corrected chi connectivity index (χ4v) is 1.59. The summed E-state index contributed by atoms with van der Waals surface area (Å²) in [6.45, 7) is 1.74. The molecule has 2 nitrogen and oxygen atoms in total. The molecule has 0 N–H and O–H groups in total. The molecule has 16 heavy (non-hydrogen) atoms. The van der Waals surface area contributed by atoms with Gasteiger partial charge >= 0.3 is 0 Å². The monoisotopic (exact) mass is 234 g/mol. The molecule has 0 unspecified atom stereocenters. The van der Waals surface area contributed by atoms with Crippen LogP contribution in [0.25, 0.3) is 11.3 Å². The Morgan fingerprint density at radius 3 is 2.81 bits per heavy atom. The fraction of sp³-hybridized carbons (Fsp3) is 0.167. The average Bonchev–Trinajstić information content (AvgIpc) is 2.33. The van der Waals surface area contributed by atoms with Crippen LogP contribution in [0.3, 0.4) is 0 Å². The molecule has 0 radical (unpaired) electrons. The average molecular weight is 234 g/mol. The summed E-state index contributed by atoms with van der Waals surface area (Å²) in [6, 6.07) is 6.75. The van der Waals surface area contributed by atoms with Crippen LogP contribution in [0.15, 0.2) is 30.5 Å². The van der Waals surface area contributed by atoms with Crippen molar-refractivity contribution in [3.8, 4) is 11.3 Å². The summed E-state index contributed by atoms with van der Waals surface area (Å²) in [5, 5.41) is 0. The number of hydrogen-bond acceptors (Lipinski definition) is 3. The SMILES string of the molecule is Cc1cc(-c2ccnc(CS)n2)ccc1F. The molecule has 2 aromatic rings. The second-order valence-corrected chi connectivity index (χ2v) is 3.80. The summed E-state index contributed by atoms with van der Waals surface area (Å²) < 4.78 is 13.1. The van der Waals surface area contributed by atoms with Crippen molar-refractivity contribution >= 4 is 12.6 Å². The molecule has 4 heteroatoms. The minimum atomic E-state index is -0.202. The number of aryl methyl sites for hydroxylation is 1. The molecule has 0 saturated heterocycles. The summed E-state index contributed by atoms with van der Waals surface area (Å²) in [7, 11) is 0. The lowest BCUT2D eigenvalue weighted by Gasteiger charge is -2.04. The topological polar surface area (TPSA) is 25.8 Å². The van der Waals surface area contributed by atoms with Crippen molar-refractivity contribution < 1.29 is 4.39 Å². The van der Waals surface area contributed by atoms with Crippen LogP contribution in [0.2, 0.25) is 0 Å². The van der Waals surface area contributed by atoms with Gasteiger partial charge in [0, 0.05) is 11.8 Å². The minimum Gasteiger partial charge on any atom is -0.240 e. The van der Waals surface area contributed by atoms with Gasteiger partial charge in [-0.1, -0.05) is 0 Å². The highest BCUT2D eigenvalue weighted by Crippen LogP contribution is 2.19. The molecule has 0 aliphatic heterocycles. The Labute approximate surface area is 99.0 Å². The van der Waals surface area contributed by atoms with Crippen molar-refractivity contribution in [2.45, 2.75) is 12.7 Å². The second-order valence-electron chi connectivity index (χ2n) is 3.48. The van der Waals surface area contributed by atoms with Gasteiger partial charge in [-0.2, -0.15) is 12.6 Å². The molecule has 0 amide bonds. The maximum atomic E-state index is 13.1. The first-order chi connectivity index (χ1) is 7.70. The number of benzene rings is 1. The van der Waals surface area contributed by atoms with Crippen molar-refractivity contribution in [2.75, 3.05) is 0 Å². The summed E-state index contributed by atoms with van der Waals surface area (Å²) in [5.41, 5.74) is 2.30. The van der Waals surface area contributed by atoms with Crippen LogP contribution >= 0.6 is 12.6 Å². The number of halogens is 1. The molecule has 0 saturated carbocycles. The summed E-state index contributed by atoms with van der Waals surface area (Å²) in [4.78, 5) is 8.38. The van der Waals surface area contributed by atoms with Crippen LogP contribution in [-0.4, -0.2) is 9.97 Å². The molecule has 0 spiro atoms. The Hall–Kier alpha value is -1.42. The molecule has 0 fully saturated rings. The van der Waals surface area contributed by atoms with E-state index in [1.54, 1.807) is 31.3 Å². The Balaban J connectivity index is 2.46. The maximum absolute atomic E-state index is 13.1. The molecule has 0 bridgehead atoms. The van der Waals surface area contributed by atoms with E-state index in [1.165, 1.54) is 6.07 Å². The quantitative estimate of drug-likeness (QED) is 0.808. The smallest absolute Gasteiger partial charge is 0.138 e. The number of aromatic nitrogens is 2. The lowest BCUT2D eigenvalue weighted by atomic mass is 10.1. The first kappa shape index (κ1) is 11.1. The zero-order chi connectivity index (χ0) is 11.5. The highest BCUT2D eigenvalue weighted by atomic mass is 32.1. The zero-order valence-electron chi connectivity index (χ0n) is 8.81. The van der Waals surface area contributed by atoms with Crippen molar-refractivity contribution in [3.63, 3.8) is 0 Å². The van der Waals surface area contributed by atoms with E-state index < -0.39 is 0 Å². The second kappa shape index (κ2) is 4.61. The largest absolute Gasteiger partial charge is 0.240 e. The van der Waals surface area contributed by atoms with Gasteiger partial charge in [-0.25, -0.2) is 14.4 Å². The number of hydrogen-bond donors (Lipinski definition) is 1. The molecular formula is C12H11FN2S. The van der Waals surface area contributed by atoms with E-state index in [0.717, 1.165) is 11.3 Å². The van der Waals surface area contributed by atoms with E-state index in [-0.39, 0.29) is 5.82 Å². The normalized spacial score (nSPS) is 10.4. The van der Waals surface area contributed by atoms with Crippen LogP contribution in [0, 0.1) is 12.7 Å². The highest BCUT2D eigenvalue weighted by Gasteiger charge is 2.03. The molecule has 0 aliphatic rings. The van der Waals surface area contributed by atoms with E-state index >= 15 is 0 Å². The molecule has 1 aromatic carbocycles. The lowest BCUT2D eigenvalue weighted by molar-refractivity contribution is 0.619. The first-order valence-electron chi connectivity index (χ1n) is 4.90. The van der Waals surface area contributed by atoms with Crippen molar-refractivity contribution in [2.24, 2.45) is 0 Å². The highest BCUT2D eigenvalue weighted by molar-refractivity contribution is 7.79. The van der Waals surface area contributed by atoms with Crippen LogP contribution in [0.5, 0.6) is 0 Å². The third-order valence-corrected chi connectivity index (χ3v) is 2.58. The van der Waals surface area contributed by atoms with Crippen molar-refractivity contribution in [1.82, 2.24) is 9.97 Å². The van der Waals surface area contributed by atoms with Gasteiger partial charge in [-0.15, -0.1) is 0 Å². The van der Waals surface area contributed by atoms with E-state index in [4.69, 9.17) is 0 Å². The van der Waals surface area contributed by atoms with E-state index in [1.807, 2.05) is 0 Å². The van der Waals surface area contributed by atoms with Crippen LogP contribution < -0.4 is 0 Å². The molecular weight excluding hydrogens is 223 g/mol. The Morgan fingerprint density at radius 2 is 2.12 bits per heavy atom. The Morgan fingerprint density at radius 1 is 1.31 bits per heavy atom. The van der Waals surface area contributed by atoms with Gasteiger partial charge in [0.2, 0.25) is 0 Å². The van der Waals surface area contributed by atoms with Gasteiger partial charge in [-0.3, -0.25) is 0 Å². The third-order valence-electron chi connectivity index (χ3n) is 2.30. The molecule has 1 heterocycles. The van der Waals surface area contributed by atoms with Crippen molar-refractivity contribution in [1.29, 1.82) is 0 Å². The minimum absolute atomic E-state index is 0.202. The van der Waals surface area contributed by atoms with Crippen LogP contribution in [-0.2, 0) is 5.75 Å². The Kier molecular flexibility index (Phi) is 3.19. The first-order valence-corrected chi connectivity index (χ1v) is 5.53. The summed E-state index contributed by atoms with van der Waals surface area (Å²) >= 11 is 4.12. The van der Waals surface area contributed by atoms with E-state index in [9.17, 15) is 4.39 Å². The van der Waals surface area contributed by atoms with Gasteiger partial charge in [0.05, 0.1) is 11.4 Å². The van der Waals surface area contributed by atoms with E-state index in [0.29, 0.717) is 17.1 Å². The van der Waals surface area contributed by atoms with E-state index in [2.05, 4.69) is 22.6 Å². The molecule has 2 rings (SSSR count). The van der Waals surface area contributed by atoms with Crippen molar-refractivity contribution in [3.05, 3.63) is 47.7 Å². The van der Waals surface area contributed by atoms with Gasteiger partial charge in [0.1, 0.15) is 11.6 Å². The van der Waals surface area contributed by atoms with Gasteiger partial charge in [0.25, 0.3) is 0 Å². The number of thiol groups is 1.